The average molecular weight is 387 g/mol. The Morgan fingerprint density at radius 1 is 1.15 bits per heavy atom. The predicted octanol–water partition coefficient (Wildman–Crippen LogP) is 5.48. The van der Waals surface area contributed by atoms with Crippen molar-refractivity contribution in [1.82, 2.24) is 5.32 Å². The van der Waals surface area contributed by atoms with Crippen molar-refractivity contribution in [3.8, 4) is 0 Å². The molecule has 1 amide bonds. The molecule has 0 spiro atoms. The van der Waals surface area contributed by atoms with E-state index in [0.717, 1.165) is 29.0 Å². The van der Waals surface area contributed by atoms with Gasteiger partial charge in [0, 0.05) is 9.77 Å². The molecule has 1 aromatic heterocycles. The van der Waals surface area contributed by atoms with Gasteiger partial charge in [0.2, 0.25) is 0 Å². The highest BCUT2D eigenvalue weighted by atomic mass is 32.2. The third-order valence-corrected chi connectivity index (χ3v) is 7.65. The lowest BCUT2D eigenvalue weighted by Crippen LogP contribution is -2.38. The van der Waals surface area contributed by atoms with Crippen molar-refractivity contribution in [2.24, 2.45) is 11.3 Å². The summed E-state index contributed by atoms with van der Waals surface area (Å²) in [7, 11) is 0. The summed E-state index contributed by atoms with van der Waals surface area (Å²) >= 11 is 3.52. The van der Waals surface area contributed by atoms with Crippen LogP contribution in [0.3, 0.4) is 0 Å². The summed E-state index contributed by atoms with van der Waals surface area (Å²) in [5.74, 6) is 0.762. The van der Waals surface area contributed by atoms with E-state index in [4.69, 9.17) is 0 Å². The normalized spacial score (nSPS) is 22.2. The number of thioether (sulfide) groups is 1. The Hall–Kier alpha value is -1.46. The summed E-state index contributed by atoms with van der Waals surface area (Å²) in [5.41, 5.74) is 3.60. The maximum atomic E-state index is 12.9. The first kappa shape index (κ1) is 17.9. The molecule has 5 heteroatoms. The van der Waals surface area contributed by atoms with Crippen molar-refractivity contribution < 1.29 is 4.79 Å². The molecule has 3 nitrogen and oxygen atoms in total. The number of carbonyl (C=O) groups excluding carboxylic acids is 1. The molecular formula is C21H26N2OS2. The molecule has 2 aromatic rings. The topological polar surface area (TPSA) is 41.1 Å². The molecule has 0 bridgehead atoms. The molecule has 2 N–H and O–H groups in total. The summed E-state index contributed by atoms with van der Waals surface area (Å²) in [6.45, 7) is 6.99. The van der Waals surface area contributed by atoms with Crippen molar-refractivity contribution in [3.05, 3.63) is 45.8 Å². The summed E-state index contributed by atoms with van der Waals surface area (Å²) in [4.78, 5) is 15.5. The maximum Gasteiger partial charge on any atom is 0.256 e. The molecule has 2 unspecified atom stereocenters. The average Bonchev–Trinajstić information content (AvgIpc) is 2.99. The molecule has 0 saturated heterocycles. The molecule has 0 radical (unpaired) electrons. The first-order valence-corrected chi connectivity index (χ1v) is 11.3. The van der Waals surface area contributed by atoms with Crippen molar-refractivity contribution >= 4 is 34.0 Å². The maximum absolute atomic E-state index is 12.9. The van der Waals surface area contributed by atoms with Gasteiger partial charge in [-0.2, -0.15) is 0 Å². The Morgan fingerprint density at radius 2 is 1.88 bits per heavy atom. The van der Waals surface area contributed by atoms with E-state index in [9.17, 15) is 4.79 Å². The largest absolute Gasteiger partial charge is 0.353 e. The smallest absolute Gasteiger partial charge is 0.256 e. The Morgan fingerprint density at radius 3 is 2.54 bits per heavy atom. The highest BCUT2D eigenvalue weighted by Crippen LogP contribution is 2.46. The van der Waals surface area contributed by atoms with Gasteiger partial charge in [0.05, 0.1) is 5.56 Å². The Balaban J connectivity index is 1.62. The monoisotopic (exact) mass is 386 g/mol. The number of thiophene rings is 1. The summed E-state index contributed by atoms with van der Waals surface area (Å²) in [5, 5.41) is 7.77. The minimum Gasteiger partial charge on any atom is -0.353 e. The number of hydrogen-bond acceptors (Lipinski definition) is 4. The highest BCUT2D eigenvalue weighted by molar-refractivity contribution is 7.98. The first-order valence-electron chi connectivity index (χ1n) is 9.22. The van der Waals surface area contributed by atoms with Crippen LogP contribution in [0.1, 0.15) is 59.7 Å². The molecule has 26 heavy (non-hydrogen) atoms. The zero-order chi connectivity index (χ0) is 18.5. The van der Waals surface area contributed by atoms with Crippen LogP contribution in [0.15, 0.2) is 29.2 Å². The lowest BCUT2D eigenvalue weighted by molar-refractivity contribution is 0.0935. The summed E-state index contributed by atoms with van der Waals surface area (Å²) in [6.07, 6.45) is 5.21. The lowest BCUT2D eigenvalue weighted by atomic mass is 9.72. The molecule has 0 saturated carbocycles. The molecule has 2 aliphatic rings. The van der Waals surface area contributed by atoms with Gasteiger partial charge in [0.1, 0.15) is 11.2 Å². The number of anilines is 1. The zero-order valence-electron chi connectivity index (χ0n) is 15.8. The van der Waals surface area contributed by atoms with Gasteiger partial charge in [-0.05, 0) is 60.1 Å². The minimum atomic E-state index is -0.149. The number of amides is 1. The van der Waals surface area contributed by atoms with Crippen LogP contribution in [0.25, 0.3) is 0 Å². The Bertz CT molecular complexity index is 833. The third kappa shape index (κ3) is 3.16. The van der Waals surface area contributed by atoms with Crippen LogP contribution < -0.4 is 10.6 Å². The fourth-order valence-corrected chi connectivity index (χ4v) is 5.76. The molecule has 1 aliphatic carbocycles. The molecule has 2 heterocycles. The van der Waals surface area contributed by atoms with E-state index in [0.29, 0.717) is 11.3 Å². The molecule has 1 aliphatic heterocycles. The Labute approximate surface area is 164 Å². The van der Waals surface area contributed by atoms with Crippen LogP contribution in [0.5, 0.6) is 0 Å². The van der Waals surface area contributed by atoms with E-state index in [2.05, 4.69) is 61.9 Å². The summed E-state index contributed by atoms with van der Waals surface area (Å²) in [6, 6.07) is 8.41. The highest BCUT2D eigenvalue weighted by Gasteiger charge is 2.36. The van der Waals surface area contributed by atoms with Crippen LogP contribution in [0.4, 0.5) is 5.00 Å². The lowest BCUT2D eigenvalue weighted by Gasteiger charge is -2.34. The third-order valence-electron chi connectivity index (χ3n) is 5.72. The number of hydrogen-bond donors (Lipinski definition) is 2. The van der Waals surface area contributed by atoms with Gasteiger partial charge in [0.15, 0.2) is 0 Å². The standard InChI is InChI=1S/C21H26N2OS2/c1-21(2,3)13-7-10-15-16(11-13)26-20-17(15)19(24)22-18(23-20)12-5-8-14(25-4)9-6-12/h5-6,8-9,13,18,23H,7,10-11H2,1-4H3,(H,22,24). The van der Waals surface area contributed by atoms with Gasteiger partial charge >= 0.3 is 0 Å². The second-order valence-electron chi connectivity index (χ2n) is 8.34. The summed E-state index contributed by atoms with van der Waals surface area (Å²) < 4.78 is 0. The first-order chi connectivity index (χ1) is 12.4. The van der Waals surface area contributed by atoms with Crippen molar-refractivity contribution in [2.75, 3.05) is 11.6 Å². The van der Waals surface area contributed by atoms with Crippen LogP contribution in [-0.4, -0.2) is 12.2 Å². The predicted molar refractivity (Wildman–Crippen MR) is 111 cm³/mol. The van der Waals surface area contributed by atoms with Crippen molar-refractivity contribution in [3.63, 3.8) is 0 Å². The quantitative estimate of drug-likeness (QED) is 0.672. The number of benzene rings is 1. The number of rotatable bonds is 2. The fourth-order valence-electron chi connectivity index (χ4n) is 4.00. The van der Waals surface area contributed by atoms with E-state index in [1.165, 1.54) is 21.8 Å². The van der Waals surface area contributed by atoms with Crippen molar-refractivity contribution in [2.45, 2.75) is 51.1 Å². The molecule has 1 aromatic carbocycles. The van der Waals surface area contributed by atoms with E-state index in [-0.39, 0.29) is 12.1 Å². The fraction of sp³-hybridized carbons (Fsp3) is 0.476. The molecule has 138 valence electrons. The zero-order valence-corrected chi connectivity index (χ0v) is 17.4. The van der Waals surface area contributed by atoms with E-state index in [1.54, 1.807) is 23.1 Å². The molecular weight excluding hydrogens is 360 g/mol. The molecule has 4 rings (SSSR count). The SMILES string of the molecule is CSc1ccc(C2NC(=O)c3c(sc4c3CCC(C(C)(C)C)C4)N2)cc1. The van der Waals surface area contributed by atoms with Gasteiger partial charge in [-0.1, -0.05) is 32.9 Å². The van der Waals surface area contributed by atoms with E-state index >= 15 is 0 Å². The van der Waals surface area contributed by atoms with Crippen LogP contribution in [-0.2, 0) is 12.8 Å². The number of carbonyl (C=O) groups is 1. The number of fused-ring (bicyclic) bond motifs is 3. The van der Waals surface area contributed by atoms with Crippen LogP contribution >= 0.6 is 23.1 Å². The number of nitrogens with one attached hydrogen (secondary N) is 2. The van der Waals surface area contributed by atoms with Gasteiger partial charge < -0.3 is 10.6 Å². The van der Waals surface area contributed by atoms with E-state index < -0.39 is 0 Å². The molecule has 0 fully saturated rings. The van der Waals surface area contributed by atoms with Gasteiger partial charge in [-0.3, -0.25) is 4.79 Å². The minimum absolute atomic E-state index is 0.0735. The second-order valence-corrected chi connectivity index (χ2v) is 10.3. The molecule has 2 atom stereocenters. The second kappa shape index (κ2) is 6.61. The van der Waals surface area contributed by atoms with Crippen LogP contribution in [0.2, 0.25) is 0 Å². The Kier molecular flexibility index (Phi) is 4.56. The van der Waals surface area contributed by atoms with Crippen molar-refractivity contribution in [1.29, 1.82) is 0 Å². The van der Waals surface area contributed by atoms with Gasteiger partial charge in [0.25, 0.3) is 5.91 Å². The van der Waals surface area contributed by atoms with E-state index in [1.807, 2.05) is 0 Å². The van der Waals surface area contributed by atoms with Crippen LogP contribution in [0, 0.1) is 11.3 Å². The van der Waals surface area contributed by atoms with Gasteiger partial charge in [-0.15, -0.1) is 23.1 Å². The van der Waals surface area contributed by atoms with Gasteiger partial charge in [-0.25, -0.2) is 0 Å².